The van der Waals surface area contributed by atoms with E-state index in [2.05, 4.69) is 74.4 Å². The van der Waals surface area contributed by atoms with Crippen molar-refractivity contribution in [1.82, 2.24) is 4.98 Å². The van der Waals surface area contributed by atoms with E-state index in [9.17, 15) is 0 Å². The van der Waals surface area contributed by atoms with Crippen molar-refractivity contribution in [1.29, 1.82) is 0 Å². The van der Waals surface area contributed by atoms with Crippen molar-refractivity contribution < 1.29 is 0 Å². The molecule has 70 valence electrons. The zero-order valence-corrected chi connectivity index (χ0v) is 11.6. The fourth-order valence-corrected chi connectivity index (χ4v) is 2.23. The summed E-state index contributed by atoms with van der Waals surface area (Å²) in [5.74, 6) is 0. The van der Waals surface area contributed by atoms with Crippen LogP contribution in [0, 0.1) is 7.27 Å². The lowest BCUT2D eigenvalue weighted by Gasteiger charge is -2.01. The lowest BCUT2D eigenvalue weighted by atomic mass is 10.1. The third kappa shape index (κ3) is 2.44. The van der Waals surface area contributed by atoms with Crippen molar-refractivity contribution in [2.75, 3.05) is 0 Å². The molecule has 0 atom stereocenters. The van der Waals surface area contributed by atoms with Crippen LogP contribution in [0.15, 0.2) is 42.5 Å². The fraction of sp³-hybridized carbons (Fsp3) is 0. The Morgan fingerprint density at radius 3 is 2.43 bits per heavy atom. The molecule has 1 aromatic carbocycles. The number of benzene rings is 1. The molecule has 3 heteroatoms. The molecule has 0 aliphatic rings. The lowest BCUT2D eigenvalue weighted by Crippen LogP contribution is -1.85. The molecule has 0 N–H and O–H groups in total. The molecule has 1 aromatic heterocycles. The molecular formula is C11H7I2N. The van der Waals surface area contributed by atoms with Crippen LogP contribution in [0.2, 0.25) is 0 Å². The second-order valence-corrected chi connectivity index (χ2v) is 5.21. The third-order valence-corrected chi connectivity index (χ3v) is 3.11. The monoisotopic (exact) mass is 407 g/mol. The van der Waals surface area contributed by atoms with Gasteiger partial charge in [0, 0.05) is 9.13 Å². The molecule has 0 unspecified atom stereocenters. The zero-order chi connectivity index (χ0) is 9.97. The van der Waals surface area contributed by atoms with Gasteiger partial charge >= 0.3 is 0 Å². The lowest BCUT2D eigenvalue weighted by molar-refractivity contribution is 1.27. The summed E-state index contributed by atoms with van der Waals surface area (Å²) in [6, 6.07) is 14.4. The average Bonchev–Trinajstić information content (AvgIpc) is 2.18. The quantitative estimate of drug-likeness (QED) is 0.516. The van der Waals surface area contributed by atoms with Crippen molar-refractivity contribution in [2.24, 2.45) is 0 Å². The van der Waals surface area contributed by atoms with Gasteiger partial charge in [-0.1, -0.05) is 18.2 Å². The predicted molar refractivity (Wildman–Crippen MR) is 75.1 cm³/mol. The van der Waals surface area contributed by atoms with E-state index >= 15 is 0 Å². The topological polar surface area (TPSA) is 12.9 Å². The first-order valence-electron chi connectivity index (χ1n) is 4.14. The van der Waals surface area contributed by atoms with Crippen LogP contribution in [0.25, 0.3) is 11.3 Å². The number of nitrogens with zero attached hydrogens (tertiary/aromatic N) is 1. The standard InChI is InChI=1S/C11H7I2N/c12-9-4-1-3-8(7-9)10-5-2-6-11(13)14-10/h1-7H. The number of hydrogen-bond acceptors (Lipinski definition) is 1. The van der Waals surface area contributed by atoms with E-state index in [0.717, 1.165) is 9.39 Å². The van der Waals surface area contributed by atoms with Gasteiger partial charge < -0.3 is 0 Å². The number of hydrogen-bond donors (Lipinski definition) is 0. The highest BCUT2D eigenvalue weighted by Crippen LogP contribution is 2.19. The summed E-state index contributed by atoms with van der Waals surface area (Å²) in [4.78, 5) is 4.47. The summed E-state index contributed by atoms with van der Waals surface area (Å²) in [6.45, 7) is 0. The number of halogens is 2. The molecular weight excluding hydrogens is 400 g/mol. The van der Waals surface area contributed by atoms with E-state index in [1.54, 1.807) is 0 Å². The molecule has 14 heavy (non-hydrogen) atoms. The summed E-state index contributed by atoms with van der Waals surface area (Å²) in [5.41, 5.74) is 2.21. The molecule has 0 saturated heterocycles. The van der Waals surface area contributed by atoms with Gasteiger partial charge in [0.05, 0.1) is 5.69 Å². The Bertz CT molecular complexity index is 411. The molecule has 1 heterocycles. The molecule has 0 radical (unpaired) electrons. The highest BCUT2D eigenvalue weighted by atomic mass is 127. The van der Waals surface area contributed by atoms with E-state index in [1.807, 2.05) is 18.2 Å². The van der Waals surface area contributed by atoms with Crippen LogP contribution >= 0.6 is 45.2 Å². The van der Waals surface area contributed by atoms with Gasteiger partial charge in [-0.3, -0.25) is 0 Å². The average molecular weight is 407 g/mol. The van der Waals surface area contributed by atoms with Gasteiger partial charge in [-0.15, -0.1) is 0 Å². The molecule has 1 nitrogen and oxygen atoms in total. The molecule has 0 bridgehead atoms. The molecule has 0 saturated carbocycles. The van der Waals surface area contributed by atoms with Gasteiger partial charge in [-0.25, -0.2) is 4.98 Å². The summed E-state index contributed by atoms with van der Waals surface area (Å²) in [7, 11) is 0. The molecule has 0 spiro atoms. The summed E-state index contributed by atoms with van der Waals surface area (Å²) in [5, 5.41) is 0. The van der Waals surface area contributed by atoms with Crippen LogP contribution in [0.4, 0.5) is 0 Å². The van der Waals surface area contributed by atoms with E-state index in [0.29, 0.717) is 0 Å². The minimum Gasteiger partial charge on any atom is -0.242 e. The van der Waals surface area contributed by atoms with Crippen molar-refractivity contribution in [3.63, 3.8) is 0 Å². The maximum atomic E-state index is 4.47. The molecule has 0 aliphatic heterocycles. The van der Waals surface area contributed by atoms with Gasteiger partial charge in [-0.2, -0.15) is 0 Å². The van der Waals surface area contributed by atoms with Crippen LogP contribution < -0.4 is 0 Å². The van der Waals surface area contributed by atoms with Crippen molar-refractivity contribution in [3.05, 3.63) is 49.7 Å². The van der Waals surface area contributed by atoms with E-state index in [-0.39, 0.29) is 0 Å². The Hall–Kier alpha value is -0.170. The third-order valence-electron chi connectivity index (χ3n) is 1.84. The number of pyridine rings is 1. The second kappa shape index (κ2) is 4.57. The van der Waals surface area contributed by atoms with Crippen LogP contribution in [-0.2, 0) is 0 Å². The first kappa shape index (κ1) is 10.4. The Morgan fingerprint density at radius 1 is 0.929 bits per heavy atom. The van der Waals surface area contributed by atoms with Crippen LogP contribution in [0.1, 0.15) is 0 Å². The first-order chi connectivity index (χ1) is 6.75. The van der Waals surface area contributed by atoms with Crippen LogP contribution in [0.3, 0.4) is 0 Å². The summed E-state index contributed by atoms with van der Waals surface area (Å²) in [6.07, 6.45) is 0. The molecule has 2 aromatic rings. The fourth-order valence-electron chi connectivity index (χ4n) is 1.22. The van der Waals surface area contributed by atoms with E-state index in [1.165, 1.54) is 9.13 Å². The van der Waals surface area contributed by atoms with E-state index in [4.69, 9.17) is 0 Å². The Balaban J connectivity index is 2.49. The highest BCUT2D eigenvalue weighted by Gasteiger charge is 1.99. The maximum absolute atomic E-state index is 4.47. The maximum Gasteiger partial charge on any atom is 0.102 e. The molecule has 2 rings (SSSR count). The van der Waals surface area contributed by atoms with Crippen LogP contribution in [0.5, 0.6) is 0 Å². The molecule has 0 fully saturated rings. The summed E-state index contributed by atoms with van der Waals surface area (Å²) < 4.78 is 2.26. The second-order valence-electron chi connectivity index (χ2n) is 2.86. The van der Waals surface area contributed by atoms with Gasteiger partial charge in [0.25, 0.3) is 0 Å². The summed E-state index contributed by atoms with van der Waals surface area (Å²) >= 11 is 4.54. The van der Waals surface area contributed by atoms with Crippen LogP contribution in [-0.4, -0.2) is 4.98 Å². The number of aromatic nitrogens is 1. The highest BCUT2D eigenvalue weighted by molar-refractivity contribution is 14.1. The zero-order valence-electron chi connectivity index (χ0n) is 7.24. The molecule has 0 amide bonds. The Morgan fingerprint density at radius 2 is 1.71 bits per heavy atom. The largest absolute Gasteiger partial charge is 0.242 e. The smallest absolute Gasteiger partial charge is 0.102 e. The van der Waals surface area contributed by atoms with Crippen molar-refractivity contribution in [3.8, 4) is 11.3 Å². The molecule has 0 aliphatic carbocycles. The minimum absolute atomic E-state index is 1.03. The Kier molecular flexibility index (Phi) is 3.38. The van der Waals surface area contributed by atoms with Crippen molar-refractivity contribution in [2.45, 2.75) is 0 Å². The van der Waals surface area contributed by atoms with Gasteiger partial charge in [-0.05, 0) is 69.4 Å². The number of rotatable bonds is 1. The predicted octanol–water partition coefficient (Wildman–Crippen LogP) is 3.96. The SMILES string of the molecule is Ic1cccc(-c2cccc(I)n2)c1. The minimum atomic E-state index is 1.03. The van der Waals surface area contributed by atoms with Gasteiger partial charge in [0.1, 0.15) is 3.70 Å². The first-order valence-corrected chi connectivity index (χ1v) is 6.30. The van der Waals surface area contributed by atoms with E-state index < -0.39 is 0 Å². The normalized spacial score (nSPS) is 10.1. The Labute approximate surface area is 110 Å². The van der Waals surface area contributed by atoms with Gasteiger partial charge in [0.2, 0.25) is 0 Å². The van der Waals surface area contributed by atoms with Crippen molar-refractivity contribution >= 4 is 45.2 Å². The van der Waals surface area contributed by atoms with Gasteiger partial charge in [0.15, 0.2) is 0 Å².